The minimum Gasteiger partial charge on any atom is -0.444 e. The van der Waals surface area contributed by atoms with Crippen LogP contribution in [-0.4, -0.2) is 45.6 Å². The second kappa shape index (κ2) is 6.47. The third-order valence-corrected chi connectivity index (χ3v) is 4.72. The number of aromatic nitrogens is 1. The van der Waals surface area contributed by atoms with Crippen LogP contribution in [-0.2, 0) is 4.74 Å². The number of nitrogens with one attached hydrogen (secondary N) is 1. The van der Waals surface area contributed by atoms with Crippen LogP contribution in [0.5, 0.6) is 0 Å². The van der Waals surface area contributed by atoms with Gasteiger partial charge in [0, 0.05) is 31.3 Å². The highest BCUT2D eigenvalue weighted by Crippen LogP contribution is 2.30. The Balaban J connectivity index is 1.64. The number of likely N-dealkylation sites (tertiary alicyclic amines) is 1. The Bertz CT molecular complexity index is 814. The number of amides is 1. The van der Waals surface area contributed by atoms with Crippen molar-refractivity contribution in [3.63, 3.8) is 0 Å². The number of hydrogen-bond donors (Lipinski definition) is 1. The third kappa shape index (κ3) is 4.16. The minimum atomic E-state index is -0.510. The number of ether oxygens (including phenoxy) is 1. The predicted molar refractivity (Wildman–Crippen MR) is 96.1 cm³/mol. The summed E-state index contributed by atoms with van der Waals surface area (Å²) in [6.45, 7) is 6.71. The molecular weight excluding hydrogens is 344 g/mol. The van der Waals surface area contributed by atoms with Crippen LogP contribution >= 0.6 is 11.3 Å². The van der Waals surface area contributed by atoms with Crippen LogP contribution in [0.2, 0.25) is 0 Å². The molecule has 1 atom stereocenters. The fraction of sp³-hybridized carbons (Fsp3) is 0.500. The first kappa shape index (κ1) is 17.4. The zero-order valence-electron chi connectivity index (χ0n) is 14.3. The lowest BCUT2D eigenvalue weighted by Crippen LogP contribution is -2.36. The summed E-state index contributed by atoms with van der Waals surface area (Å²) < 4.78 is 6.27. The molecule has 25 heavy (non-hydrogen) atoms. The van der Waals surface area contributed by atoms with Crippen LogP contribution in [0.3, 0.4) is 0 Å². The number of nitro benzene ring substituents is 1. The highest BCUT2D eigenvalue weighted by atomic mass is 32.1. The van der Waals surface area contributed by atoms with Gasteiger partial charge >= 0.3 is 6.09 Å². The molecule has 3 rings (SSSR count). The van der Waals surface area contributed by atoms with Crippen LogP contribution < -0.4 is 5.32 Å². The number of hydrogen-bond acceptors (Lipinski definition) is 7. The molecule has 1 amide bonds. The molecule has 0 bridgehead atoms. The first-order valence-corrected chi connectivity index (χ1v) is 8.82. The average Bonchev–Trinajstić information content (AvgIpc) is 3.11. The first-order chi connectivity index (χ1) is 11.7. The molecule has 0 saturated carbocycles. The molecule has 1 N–H and O–H groups in total. The normalized spacial score (nSPS) is 17.7. The maximum atomic E-state index is 12.1. The fourth-order valence-corrected chi connectivity index (χ4v) is 3.56. The minimum absolute atomic E-state index is 0.0290. The van der Waals surface area contributed by atoms with Gasteiger partial charge in [-0.1, -0.05) is 11.3 Å². The van der Waals surface area contributed by atoms with E-state index in [4.69, 9.17) is 4.74 Å². The summed E-state index contributed by atoms with van der Waals surface area (Å²) in [5.41, 5.74) is 0.120. The highest BCUT2D eigenvalue weighted by Gasteiger charge is 2.30. The Morgan fingerprint density at radius 2 is 2.24 bits per heavy atom. The van der Waals surface area contributed by atoms with Gasteiger partial charge in [0.2, 0.25) is 0 Å². The summed E-state index contributed by atoms with van der Waals surface area (Å²) in [6.07, 6.45) is 0.492. The van der Waals surface area contributed by atoms with Gasteiger partial charge in [-0.15, -0.1) is 0 Å². The van der Waals surface area contributed by atoms with Crippen LogP contribution in [0.15, 0.2) is 18.2 Å². The molecule has 8 nitrogen and oxygen atoms in total. The first-order valence-electron chi connectivity index (χ1n) is 8.01. The number of rotatable bonds is 3. The van der Waals surface area contributed by atoms with Crippen molar-refractivity contribution < 1.29 is 14.5 Å². The summed E-state index contributed by atoms with van der Waals surface area (Å²) in [7, 11) is 0. The molecule has 0 aliphatic carbocycles. The van der Waals surface area contributed by atoms with E-state index in [-0.39, 0.29) is 17.8 Å². The molecule has 2 heterocycles. The summed E-state index contributed by atoms with van der Waals surface area (Å²) in [6, 6.07) is 4.74. The van der Waals surface area contributed by atoms with E-state index in [2.05, 4.69) is 10.3 Å². The average molecular weight is 364 g/mol. The lowest BCUT2D eigenvalue weighted by atomic mass is 10.2. The molecule has 1 aromatic heterocycles. The monoisotopic (exact) mass is 364 g/mol. The molecule has 0 radical (unpaired) electrons. The molecule has 134 valence electrons. The lowest BCUT2D eigenvalue weighted by Gasteiger charge is -2.24. The van der Waals surface area contributed by atoms with Gasteiger partial charge in [-0.2, -0.15) is 0 Å². The van der Waals surface area contributed by atoms with Gasteiger partial charge in [0.15, 0.2) is 5.13 Å². The van der Waals surface area contributed by atoms with E-state index < -0.39 is 10.5 Å². The van der Waals surface area contributed by atoms with Crippen molar-refractivity contribution in [3.8, 4) is 0 Å². The van der Waals surface area contributed by atoms with Gasteiger partial charge in [0.25, 0.3) is 5.69 Å². The van der Waals surface area contributed by atoms with Crippen molar-refractivity contribution in [2.75, 3.05) is 18.4 Å². The molecule has 0 spiro atoms. The van der Waals surface area contributed by atoms with Gasteiger partial charge < -0.3 is 15.0 Å². The Kier molecular flexibility index (Phi) is 4.51. The molecule has 1 fully saturated rings. The summed E-state index contributed by atoms with van der Waals surface area (Å²) in [4.78, 5) is 28.6. The quantitative estimate of drug-likeness (QED) is 0.660. The number of nitrogens with zero attached hydrogens (tertiary/aromatic N) is 3. The van der Waals surface area contributed by atoms with Gasteiger partial charge in [-0.25, -0.2) is 9.78 Å². The van der Waals surface area contributed by atoms with Crippen molar-refractivity contribution in [1.82, 2.24) is 9.88 Å². The van der Waals surface area contributed by atoms with Crippen molar-refractivity contribution in [2.24, 2.45) is 0 Å². The maximum Gasteiger partial charge on any atom is 0.410 e. The topological polar surface area (TPSA) is 97.6 Å². The zero-order chi connectivity index (χ0) is 18.2. The van der Waals surface area contributed by atoms with Crippen LogP contribution in [0.4, 0.5) is 15.6 Å². The van der Waals surface area contributed by atoms with Crippen molar-refractivity contribution in [3.05, 3.63) is 28.3 Å². The third-order valence-electron chi connectivity index (χ3n) is 3.75. The van der Waals surface area contributed by atoms with E-state index in [9.17, 15) is 14.9 Å². The van der Waals surface area contributed by atoms with E-state index in [1.54, 1.807) is 11.0 Å². The zero-order valence-corrected chi connectivity index (χ0v) is 15.1. The molecule has 1 aromatic carbocycles. The van der Waals surface area contributed by atoms with Crippen LogP contribution in [0.25, 0.3) is 10.2 Å². The second-order valence-corrected chi connectivity index (χ2v) is 8.02. The maximum absolute atomic E-state index is 12.1. The number of carbonyl (C=O) groups excluding carboxylic acids is 1. The Hall–Kier alpha value is -2.42. The SMILES string of the molecule is CC(C)(C)OC(=O)N1CC[C@@H](Nc2nc3cc([N+](=O)[O-])ccc3s2)C1. The second-order valence-electron chi connectivity index (χ2n) is 6.98. The van der Waals surface area contributed by atoms with Gasteiger partial charge in [-0.05, 0) is 33.3 Å². The summed E-state index contributed by atoms with van der Waals surface area (Å²) in [5.74, 6) is 0. The van der Waals surface area contributed by atoms with E-state index in [1.807, 2.05) is 20.8 Å². The van der Waals surface area contributed by atoms with E-state index >= 15 is 0 Å². The van der Waals surface area contributed by atoms with Crippen molar-refractivity contribution in [2.45, 2.75) is 38.8 Å². The molecular formula is C16H20N4O4S. The Labute approximate surface area is 148 Å². The largest absolute Gasteiger partial charge is 0.444 e. The number of fused-ring (bicyclic) bond motifs is 1. The molecule has 9 heteroatoms. The van der Waals surface area contributed by atoms with Crippen molar-refractivity contribution in [1.29, 1.82) is 0 Å². The smallest absolute Gasteiger partial charge is 0.410 e. The van der Waals surface area contributed by atoms with E-state index in [0.29, 0.717) is 23.7 Å². The Morgan fingerprint density at radius 3 is 2.92 bits per heavy atom. The molecule has 1 saturated heterocycles. The summed E-state index contributed by atoms with van der Waals surface area (Å²) >= 11 is 1.44. The molecule has 2 aromatic rings. The Morgan fingerprint density at radius 1 is 1.48 bits per heavy atom. The number of carbonyl (C=O) groups is 1. The number of nitro groups is 1. The molecule has 0 unspecified atom stereocenters. The number of non-ortho nitro benzene ring substituents is 1. The van der Waals surface area contributed by atoms with Gasteiger partial charge in [-0.3, -0.25) is 10.1 Å². The predicted octanol–water partition coefficient (Wildman–Crippen LogP) is 3.63. The number of benzene rings is 1. The number of thiazole rings is 1. The highest BCUT2D eigenvalue weighted by molar-refractivity contribution is 7.22. The van der Waals surface area contributed by atoms with Crippen LogP contribution in [0, 0.1) is 10.1 Å². The van der Waals surface area contributed by atoms with Gasteiger partial charge in [0.05, 0.1) is 15.1 Å². The summed E-state index contributed by atoms with van der Waals surface area (Å²) in [5, 5.41) is 14.9. The lowest BCUT2D eigenvalue weighted by molar-refractivity contribution is -0.384. The van der Waals surface area contributed by atoms with Crippen LogP contribution in [0.1, 0.15) is 27.2 Å². The van der Waals surface area contributed by atoms with E-state index in [1.165, 1.54) is 23.5 Å². The van der Waals surface area contributed by atoms with Crippen molar-refractivity contribution >= 4 is 38.5 Å². The molecule has 1 aliphatic rings. The van der Waals surface area contributed by atoms with E-state index in [0.717, 1.165) is 11.1 Å². The fourth-order valence-electron chi connectivity index (χ4n) is 2.64. The number of anilines is 1. The molecule has 1 aliphatic heterocycles. The van der Waals surface area contributed by atoms with Gasteiger partial charge in [0.1, 0.15) is 5.60 Å². The standard InChI is InChI=1S/C16H20N4O4S/c1-16(2,3)24-15(21)19-7-6-10(9-19)17-14-18-12-8-11(20(22)23)4-5-13(12)25-14/h4-5,8,10H,6-7,9H2,1-3H3,(H,17,18)/t10-/m1/s1.